The van der Waals surface area contributed by atoms with Crippen molar-refractivity contribution >= 4 is 5.91 Å². The summed E-state index contributed by atoms with van der Waals surface area (Å²) in [6, 6.07) is 8.76. The Kier molecular flexibility index (Phi) is 5.65. The molecule has 0 fully saturated rings. The van der Waals surface area contributed by atoms with Crippen LogP contribution in [0.25, 0.3) is 0 Å². The standard InChI is InChI=1S/C17H19NO4/c1-3-10-22-15-7-6-13(12-16(15)20-2)17(19)18-9-8-14-5-4-11-21-14/h3-7,11-12H,1,8-10H2,2H3,(H,18,19). The zero-order valence-corrected chi connectivity index (χ0v) is 12.5. The number of ether oxygens (including phenoxy) is 2. The quantitative estimate of drug-likeness (QED) is 0.762. The summed E-state index contributed by atoms with van der Waals surface area (Å²) in [6.07, 6.45) is 3.91. The van der Waals surface area contributed by atoms with Crippen molar-refractivity contribution in [3.8, 4) is 11.5 Å². The highest BCUT2D eigenvalue weighted by atomic mass is 16.5. The smallest absolute Gasteiger partial charge is 0.251 e. The molecule has 1 heterocycles. The first-order chi connectivity index (χ1) is 10.7. The van der Waals surface area contributed by atoms with E-state index in [4.69, 9.17) is 13.9 Å². The molecule has 0 spiro atoms. The maximum atomic E-state index is 12.1. The summed E-state index contributed by atoms with van der Waals surface area (Å²) in [6.45, 7) is 4.48. The summed E-state index contributed by atoms with van der Waals surface area (Å²) in [7, 11) is 1.54. The van der Waals surface area contributed by atoms with E-state index in [1.54, 1.807) is 30.5 Å². The van der Waals surface area contributed by atoms with Gasteiger partial charge in [-0.2, -0.15) is 0 Å². The molecule has 0 aliphatic heterocycles. The van der Waals surface area contributed by atoms with Crippen molar-refractivity contribution in [1.29, 1.82) is 0 Å². The Bertz CT molecular complexity index is 620. The molecule has 0 saturated heterocycles. The van der Waals surface area contributed by atoms with Crippen molar-refractivity contribution in [3.63, 3.8) is 0 Å². The van der Waals surface area contributed by atoms with Gasteiger partial charge in [-0.1, -0.05) is 12.7 Å². The van der Waals surface area contributed by atoms with Gasteiger partial charge in [0.15, 0.2) is 11.5 Å². The molecule has 5 heteroatoms. The first kappa shape index (κ1) is 15.7. The number of methoxy groups -OCH3 is 1. The second-order valence-electron chi connectivity index (χ2n) is 4.55. The third kappa shape index (κ3) is 4.15. The lowest BCUT2D eigenvalue weighted by Crippen LogP contribution is -2.25. The summed E-state index contributed by atoms with van der Waals surface area (Å²) < 4.78 is 15.9. The monoisotopic (exact) mass is 301 g/mol. The van der Waals surface area contributed by atoms with Crippen LogP contribution in [-0.4, -0.2) is 26.2 Å². The van der Waals surface area contributed by atoms with Crippen molar-refractivity contribution < 1.29 is 18.7 Å². The van der Waals surface area contributed by atoms with Gasteiger partial charge in [-0.25, -0.2) is 0 Å². The van der Waals surface area contributed by atoms with Crippen molar-refractivity contribution in [1.82, 2.24) is 5.32 Å². The van der Waals surface area contributed by atoms with Gasteiger partial charge < -0.3 is 19.2 Å². The van der Waals surface area contributed by atoms with Gasteiger partial charge in [-0.15, -0.1) is 0 Å². The highest BCUT2D eigenvalue weighted by molar-refractivity contribution is 5.94. The Hall–Kier alpha value is -2.69. The van der Waals surface area contributed by atoms with Crippen LogP contribution in [0, 0.1) is 0 Å². The summed E-state index contributed by atoms with van der Waals surface area (Å²) in [5.74, 6) is 1.77. The maximum Gasteiger partial charge on any atom is 0.251 e. The third-order valence-electron chi connectivity index (χ3n) is 3.02. The van der Waals surface area contributed by atoms with Gasteiger partial charge in [-0.3, -0.25) is 4.79 Å². The molecule has 2 aromatic rings. The van der Waals surface area contributed by atoms with Gasteiger partial charge in [0.05, 0.1) is 13.4 Å². The number of carbonyl (C=O) groups is 1. The molecule has 1 N–H and O–H groups in total. The number of carbonyl (C=O) groups excluding carboxylic acids is 1. The Morgan fingerprint density at radius 3 is 2.91 bits per heavy atom. The molecule has 0 unspecified atom stereocenters. The number of hydrogen-bond acceptors (Lipinski definition) is 4. The van der Waals surface area contributed by atoms with Gasteiger partial charge >= 0.3 is 0 Å². The summed E-state index contributed by atoms with van der Waals surface area (Å²) in [5, 5.41) is 2.84. The van der Waals surface area contributed by atoms with Crippen molar-refractivity contribution in [2.45, 2.75) is 6.42 Å². The minimum absolute atomic E-state index is 0.167. The molecule has 22 heavy (non-hydrogen) atoms. The van der Waals surface area contributed by atoms with E-state index in [0.29, 0.717) is 36.6 Å². The lowest BCUT2D eigenvalue weighted by Gasteiger charge is -2.11. The molecule has 5 nitrogen and oxygen atoms in total. The van der Waals surface area contributed by atoms with Crippen molar-refractivity contribution in [2.75, 3.05) is 20.3 Å². The van der Waals surface area contributed by atoms with E-state index in [0.717, 1.165) is 5.76 Å². The predicted octanol–water partition coefficient (Wildman–Crippen LogP) is 2.83. The van der Waals surface area contributed by atoms with Crippen LogP contribution >= 0.6 is 0 Å². The number of rotatable bonds is 8. The van der Waals surface area contributed by atoms with Crippen LogP contribution < -0.4 is 14.8 Å². The number of furan rings is 1. The van der Waals surface area contributed by atoms with Gasteiger partial charge in [-0.05, 0) is 30.3 Å². The zero-order valence-electron chi connectivity index (χ0n) is 12.5. The largest absolute Gasteiger partial charge is 0.493 e. The van der Waals surface area contributed by atoms with Crippen LogP contribution in [-0.2, 0) is 6.42 Å². The molecule has 2 rings (SSSR count). The van der Waals surface area contributed by atoms with E-state index in [1.807, 2.05) is 12.1 Å². The van der Waals surface area contributed by atoms with Crippen LogP contribution in [0.5, 0.6) is 11.5 Å². The molecule has 0 atom stereocenters. The van der Waals surface area contributed by atoms with Crippen LogP contribution in [0.15, 0.2) is 53.7 Å². The Labute approximate surface area is 129 Å². The Balaban J connectivity index is 1.95. The molecule has 0 bridgehead atoms. The first-order valence-electron chi connectivity index (χ1n) is 6.97. The second-order valence-corrected chi connectivity index (χ2v) is 4.55. The number of nitrogens with one attached hydrogen (secondary N) is 1. The van der Waals surface area contributed by atoms with E-state index < -0.39 is 0 Å². The number of benzene rings is 1. The van der Waals surface area contributed by atoms with Gasteiger partial charge in [0, 0.05) is 18.5 Å². The SMILES string of the molecule is C=CCOc1ccc(C(=O)NCCc2ccco2)cc1OC. The number of hydrogen-bond donors (Lipinski definition) is 1. The minimum Gasteiger partial charge on any atom is -0.493 e. The highest BCUT2D eigenvalue weighted by Gasteiger charge is 2.11. The van der Waals surface area contributed by atoms with Gasteiger partial charge in [0.1, 0.15) is 12.4 Å². The zero-order chi connectivity index (χ0) is 15.8. The molecule has 116 valence electrons. The first-order valence-corrected chi connectivity index (χ1v) is 6.97. The lowest BCUT2D eigenvalue weighted by atomic mass is 10.2. The fraction of sp³-hybridized carbons (Fsp3) is 0.235. The third-order valence-corrected chi connectivity index (χ3v) is 3.02. The second kappa shape index (κ2) is 7.93. The van der Waals surface area contributed by atoms with Crippen LogP contribution in [0.4, 0.5) is 0 Å². The van der Waals surface area contributed by atoms with Crippen molar-refractivity contribution in [3.05, 3.63) is 60.6 Å². The predicted molar refractivity (Wildman–Crippen MR) is 83.4 cm³/mol. The molecular weight excluding hydrogens is 282 g/mol. The normalized spacial score (nSPS) is 10.0. The highest BCUT2D eigenvalue weighted by Crippen LogP contribution is 2.28. The fourth-order valence-electron chi connectivity index (χ4n) is 1.93. The van der Waals surface area contributed by atoms with E-state index in [1.165, 1.54) is 7.11 Å². The fourth-order valence-corrected chi connectivity index (χ4v) is 1.93. The van der Waals surface area contributed by atoms with E-state index >= 15 is 0 Å². The molecule has 1 aromatic heterocycles. The molecule has 1 amide bonds. The lowest BCUT2D eigenvalue weighted by molar-refractivity contribution is 0.0953. The van der Waals surface area contributed by atoms with E-state index in [9.17, 15) is 4.79 Å². The van der Waals surface area contributed by atoms with E-state index in [-0.39, 0.29) is 5.91 Å². The molecule has 0 aliphatic rings. The molecule has 0 aliphatic carbocycles. The average molecular weight is 301 g/mol. The van der Waals surface area contributed by atoms with E-state index in [2.05, 4.69) is 11.9 Å². The molecule has 1 aromatic carbocycles. The van der Waals surface area contributed by atoms with Crippen molar-refractivity contribution in [2.24, 2.45) is 0 Å². The minimum atomic E-state index is -0.167. The summed E-state index contributed by atoms with van der Waals surface area (Å²) >= 11 is 0. The molecule has 0 saturated carbocycles. The van der Waals surface area contributed by atoms with Gasteiger partial charge in [0.2, 0.25) is 0 Å². The molecular formula is C17H19NO4. The van der Waals surface area contributed by atoms with Crippen LogP contribution in [0.2, 0.25) is 0 Å². The molecule has 0 radical (unpaired) electrons. The Morgan fingerprint density at radius 1 is 1.36 bits per heavy atom. The maximum absolute atomic E-state index is 12.1. The Morgan fingerprint density at radius 2 is 2.23 bits per heavy atom. The number of amides is 1. The van der Waals surface area contributed by atoms with Gasteiger partial charge in [0.25, 0.3) is 5.91 Å². The summed E-state index contributed by atoms with van der Waals surface area (Å²) in [4.78, 5) is 12.1. The van der Waals surface area contributed by atoms with Crippen LogP contribution in [0.1, 0.15) is 16.1 Å². The summed E-state index contributed by atoms with van der Waals surface area (Å²) in [5.41, 5.74) is 0.516. The van der Waals surface area contributed by atoms with Crippen LogP contribution in [0.3, 0.4) is 0 Å². The average Bonchev–Trinajstić information content (AvgIpc) is 3.06. The topological polar surface area (TPSA) is 60.7 Å².